The fourth-order valence-corrected chi connectivity index (χ4v) is 3.32. The van der Waals surface area contributed by atoms with E-state index < -0.39 is 0 Å². The maximum Gasteiger partial charge on any atom is 0.0353 e. The summed E-state index contributed by atoms with van der Waals surface area (Å²) in [5, 5.41) is 0. The van der Waals surface area contributed by atoms with Crippen molar-refractivity contribution in [1.82, 2.24) is 8.61 Å². The van der Waals surface area contributed by atoms with Crippen LogP contribution in [0.5, 0.6) is 0 Å². The zero-order valence-electron chi connectivity index (χ0n) is 10.9. The largest absolute Gasteiger partial charge is 0.231 e. The summed E-state index contributed by atoms with van der Waals surface area (Å²) in [6.07, 6.45) is 0. The molecule has 0 saturated carbocycles. The van der Waals surface area contributed by atoms with Crippen LogP contribution in [-0.4, -0.2) is 21.7 Å². The molecule has 0 N–H and O–H groups in total. The van der Waals surface area contributed by atoms with Crippen molar-refractivity contribution in [3.05, 3.63) is 71.8 Å². The molecule has 2 nitrogen and oxygen atoms in total. The molecule has 0 atom stereocenters. The van der Waals surface area contributed by atoms with E-state index in [9.17, 15) is 0 Å². The third-order valence-corrected chi connectivity index (χ3v) is 4.32. The lowest BCUT2D eigenvalue weighted by atomic mass is 10.2. The first-order chi connectivity index (χ1) is 9.40. The van der Waals surface area contributed by atoms with E-state index in [0.29, 0.717) is 0 Å². The van der Waals surface area contributed by atoms with Gasteiger partial charge in [0.25, 0.3) is 0 Å². The summed E-state index contributed by atoms with van der Waals surface area (Å²) in [4.78, 5) is 0. The van der Waals surface area contributed by atoms with E-state index in [1.165, 1.54) is 11.1 Å². The lowest BCUT2D eigenvalue weighted by molar-refractivity contribution is 0.458. The zero-order valence-corrected chi connectivity index (χ0v) is 11.7. The Morgan fingerprint density at radius 2 is 1.11 bits per heavy atom. The van der Waals surface area contributed by atoms with Gasteiger partial charge in [-0.05, 0) is 11.1 Å². The first-order valence-corrected chi connectivity index (χ1v) is 7.39. The van der Waals surface area contributed by atoms with Crippen LogP contribution in [0.3, 0.4) is 0 Å². The Balaban J connectivity index is 1.53. The molecular weight excluding hydrogens is 252 g/mol. The van der Waals surface area contributed by atoms with Crippen LogP contribution < -0.4 is 0 Å². The molecule has 2 aromatic carbocycles. The third-order valence-electron chi connectivity index (χ3n) is 3.23. The van der Waals surface area contributed by atoms with E-state index in [2.05, 4.69) is 69.3 Å². The monoisotopic (exact) mass is 270 g/mol. The fraction of sp³-hybridized carbons (Fsp3) is 0.250. The normalized spacial score (nSPS) is 16.8. The van der Waals surface area contributed by atoms with E-state index in [1.807, 2.05) is 12.1 Å². The summed E-state index contributed by atoms with van der Waals surface area (Å²) in [5.41, 5.74) is 2.77. The average molecular weight is 270 g/mol. The van der Waals surface area contributed by atoms with Gasteiger partial charge in [0, 0.05) is 38.3 Å². The Hall–Kier alpha value is -1.29. The van der Waals surface area contributed by atoms with E-state index in [1.54, 1.807) is 0 Å². The Labute approximate surface area is 119 Å². The second-order valence-electron chi connectivity index (χ2n) is 4.78. The van der Waals surface area contributed by atoms with E-state index >= 15 is 0 Å². The Morgan fingerprint density at radius 1 is 0.684 bits per heavy atom. The van der Waals surface area contributed by atoms with Gasteiger partial charge in [0.05, 0.1) is 0 Å². The highest BCUT2D eigenvalue weighted by Crippen LogP contribution is 2.27. The minimum absolute atomic E-state index is 1.02. The molecule has 0 aliphatic carbocycles. The Bertz CT molecular complexity index is 453. The van der Waals surface area contributed by atoms with Gasteiger partial charge in [-0.25, -0.2) is 8.61 Å². The lowest BCUT2D eigenvalue weighted by Gasteiger charge is -2.16. The van der Waals surface area contributed by atoms with Crippen LogP contribution in [-0.2, 0) is 13.1 Å². The number of hydrogen-bond donors (Lipinski definition) is 0. The second kappa shape index (κ2) is 6.24. The quantitative estimate of drug-likeness (QED) is 0.784. The van der Waals surface area contributed by atoms with Crippen LogP contribution in [0.25, 0.3) is 0 Å². The molecule has 3 heteroatoms. The van der Waals surface area contributed by atoms with E-state index in [-0.39, 0.29) is 0 Å². The smallest absolute Gasteiger partial charge is 0.0353 e. The topological polar surface area (TPSA) is 6.48 Å². The molecule has 3 rings (SSSR count). The molecule has 1 aliphatic heterocycles. The van der Waals surface area contributed by atoms with E-state index in [0.717, 1.165) is 26.2 Å². The maximum atomic E-state index is 2.43. The first kappa shape index (κ1) is 12.7. The van der Waals surface area contributed by atoms with E-state index in [4.69, 9.17) is 0 Å². The minimum atomic E-state index is 1.02. The first-order valence-electron chi connectivity index (χ1n) is 6.66. The molecule has 0 unspecified atom stereocenters. The van der Waals surface area contributed by atoms with Gasteiger partial charge in [-0.1, -0.05) is 60.7 Å². The molecule has 0 spiro atoms. The highest BCUT2D eigenvalue weighted by Gasteiger charge is 2.21. The molecule has 0 aromatic heterocycles. The van der Waals surface area contributed by atoms with Crippen molar-refractivity contribution in [2.45, 2.75) is 13.1 Å². The van der Waals surface area contributed by atoms with Crippen LogP contribution in [0.2, 0.25) is 0 Å². The van der Waals surface area contributed by atoms with Crippen LogP contribution in [0.15, 0.2) is 60.7 Å². The van der Waals surface area contributed by atoms with Gasteiger partial charge in [-0.15, -0.1) is 0 Å². The fourth-order valence-electron chi connectivity index (χ4n) is 2.26. The molecule has 19 heavy (non-hydrogen) atoms. The van der Waals surface area contributed by atoms with Gasteiger partial charge >= 0.3 is 0 Å². The van der Waals surface area contributed by atoms with Crippen molar-refractivity contribution < 1.29 is 0 Å². The van der Waals surface area contributed by atoms with Gasteiger partial charge in [0.1, 0.15) is 0 Å². The highest BCUT2D eigenvalue weighted by atomic mass is 32.2. The highest BCUT2D eigenvalue weighted by molar-refractivity contribution is 7.94. The van der Waals surface area contributed by atoms with Gasteiger partial charge in [0.2, 0.25) is 0 Å². The maximum absolute atomic E-state index is 2.43. The van der Waals surface area contributed by atoms with Gasteiger partial charge in [-0.3, -0.25) is 0 Å². The predicted octanol–water partition coefficient (Wildman–Crippen LogP) is 3.57. The van der Waals surface area contributed by atoms with Crippen molar-refractivity contribution in [2.75, 3.05) is 13.1 Å². The van der Waals surface area contributed by atoms with Crippen LogP contribution in [0.4, 0.5) is 0 Å². The molecule has 0 amide bonds. The molecule has 1 fully saturated rings. The van der Waals surface area contributed by atoms with Crippen LogP contribution >= 0.6 is 12.1 Å². The summed E-state index contributed by atoms with van der Waals surface area (Å²) < 4.78 is 4.86. The van der Waals surface area contributed by atoms with Crippen LogP contribution in [0, 0.1) is 0 Å². The minimum Gasteiger partial charge on any atom is -0.231 e. The molecular formula is C16H18N2S. The SMILES string of the molecule is c1ccc(CN2CCN(Cc3ccccc3)S2)cc1. The molecule has 1 aliphatic rings. The van der Waals surface area contributed by atoms with Crippen molar-refractivity contribution in [1.29, 1.82) is 0 Å². The lowest BCUT2D eigenvalue weighted by Crippen LogP contribution is -2.12. The number of hydrogen-bond acceptors (Lipinski definition) is 3. The van der Waals surface area contributed by atoms with Crippen molar-refractivity contribution in [2.24, 2.45) is 0 Å². The molecule has 1 saturated heterocycles. The number of benzene rings is 2. The molecule has 0 bridgehead atoms. The number of rotatable bonds is 4. The van der Waals surface area contributed by atoms with Gasteiger partial charge in [0.15, 0.2) is 0 Å². The summed E-state index contributed by atoms with van der Waals surface area (Å²) in [6, 6.07) is 21.4. The predicted molar refractivity (Wildman–Crippen MR) is 81.3 cm³/mol. The summed E-state index contributed by atoms with van der Waals surface area (Å²) in [7, 11) is 0. The standard InChI is InChI=1S/C16H18N2S/c1-3-7-15(8-4-1)13-17-11-12-18(19-17)14-16-9-5-2-6-10-16/h1-10H,11-14H2. The Kier molecular flexibility index (Phi) is 4.18. The van der Waals surface area contributed by atoms with Gasteiger partial charge < -0.3 is 0 Å². The van der Waals surface area contributed by atoms with Crippen LogP contribution in [0.1, 0.15) is 11.1 Å². The second-order valence-corrected chi connectivity index (χ2v) is 5.98. The summed E-state index contributed by atoms with van der Waals surface area (Å²) in [5.74, 6) is 0. The molecule has 0 radical (unpaired) electrons. The zero-order chi connectivity index (χ0) is 12.9. The van der Waals surface area contributed by atoms with Gasteiger partial charge in [-0.2, -0.15) is 0 Å². The molecule has 1 heterocycles. The van der Waals surface area contributed by atoms with Crippen molar-refractivity contribution >= 4 is 12.1 Å². The molecule has 98 valence electrons. The van der Waals surface area contributed by atoms with Crippen molar-refractivity contribution in [3.63, 3.8) is 0 Å². The summed E-state index contributed by atoms with van der Waals surface area (Å²) in [6.45, 7) is 4.31. The van der Waals surface area contributed by atoms with Crippen molar-refractivity contribution in [3.8, 4) is 0 Å². The Morgan fingerprint density at radius 3 is 1.53 bits per heavy atom. The summed E-state index contributed by atoms with van der Waals surface area (Å²) >= 11 is 1.87. The average Bonchev–Trinajstić information content (AvgIpc) is 2.88. The third kappa shape index (κ3) is 3.60. The number of nitrogens with zero attached hydrogens (tertiary/aromatic N) is 2. The molecule has 2 aromatic rings.